The Morgan fingerprint density at radius 3 is 2.23 bits per heavy atom. The van der Waals surface area contributed by atoms with Crippen LogP contribution in [-0.4, -0.2) is 19.1 Å². The maximum Gasteiger partial charge on any atom is 0.573 e. The molecular weight excluding hydrogens is 403 g/mol. The molecule has 0 aliphatic heterocycles. The van der Waals surface area contributed by atoms with Gasteiger partial charge in [0.25, 0.3) is 0 Å². The molecule has 0 spiro atoms. The van der Waals surface area contributed by atoms with E-state index in [1.807, 2.05) is 12.1 Å². The van der Waals surface area contributed by atoms with Crippen LogP contribution in [0.25, 0.3) is 0 Å². The second-order valence-corrected chi connectivity index (χ2v) is 8.58. The monoisotopic (exact) mass is 433 g/mol. The summed E-state index contributed by atoms with van der Waals surface area (Å²) in [5.74, 6) is 1.43. The van der Waals surface area contributed by atoms with Gasteiger partial charge in [-0.3, -0.25) is 0 Å². The third kappa shape index (κ3) is 8.06. The van der Waals surface area contributed by atoms with E-state index in [0.29, 0.717) is 17.8 Å². The first kappa shape index (κ1) is 23.4. The summed E-state index contributed by atoms with van der Waals surface area (Å²) in [7, 11) is 0. The molecule has 0 heterocycles. The minimum atomic E-state index is -4.65. The van der Waals surface area contributed by atoms with Crippen LogP contribution in [0.4, 0.5) is 13.2 Å². The van der Waals surface area contributed by atoms with Crippen LogP contribution in [0.1, 0.15) is 62.8 Å². The minimum Gasteiger partial charge on any atom is -0.406 e. The molecule has 0 amide bonds. The van der Waals surface area contributed by atoms with Crippen molar-refractivity contribution in [1.29, 1.82) is 5.26 Å². The number of ether oxygens (including phenoxy) is 2. The van der Waals surface area contributed by atoms with Crippen LogP contribution in [0.3, 0.4) is 0 Å². The van der Waals surface area contributed by atoms with E-state index in [1.54, 1.807) is 18.2 Å². The fraction of sp³-hybridized carbons (Fsp3) is 0.560. The highest BCUT2D eigenvalue weighted by Gasteiger charge is 2.31. The van der Waals surface area contributed by atoms with E-state index in [9.17, 15) is 13.2 Å². The average Bonchev–Trinajstić information content (AvgIpc) is 2.76. The predicted octanol–water partition coefficient (Wildman–Crippen LogP) is 7.07. The summed E-state index contributed by atoms with van der Waals surface area (Å²) >= 11 is 0. The van der Waals surface area contributed by atoms with Gasteiger partial charge in [0.1, 0.15) is 5.75 Å². The largest absolute Gasteiger partial charge is 0.573 e. The molecule has 0 N–H and O–H groups in total. The van der Waals surface area contributed by atoms with E-state index >= 15 is 0 Å². The molecule has 1 aromatic rings. The van der Waals surface area contributed by atoms with E-state index < -0.39 is 6.36 Å². The summed E-state index contributed by atoms with van der Waals surface area (Å²) in [6, 6.07) is 8.28. The topological polar surface area (TPSA) is 42.2 Å². The van der Waals surface area contributed by atoms with Crippen molar-refractivity contribution in [3.63, 3.8) is 0 Å². The molecule has 3 rings (SSSR count). The number of benzene rings is 1. The number of rotatable bonds is 7. The normalized spacial score (nSPS) is 27.4. The standard InChI is InChI=1S/C25H30F3NO2/c26-25(27,28)31-24-15-11-22(12-16-24)21-9-13-23(14-10-21)30-18-20-7-5-19(6-8-20)4-2-1-3-17-29/h1-4,11-12,15-16,19-21,23H,5-10,13-14,18H2. The highest BCUT2D eigenvalue weighted by atomic mass is 19.4. The van der Waals surface area contributed by atoms with Crippen LogP contribution < -0.4 is 4.74 Å². The quantitative estimate of drug-likeness (QED) is 0.341. The molecule has 0 unspecified atom stereocenters. The molecule has 2 saturated carbocycles. The first-order valence-electron chi connectivity index (χ1n) is 11.1. The summed E-state index contributed by atoms with van der Waals surface area (Å²) in [6.07, 6.45) is 11.8. The fourth-order valence-electron chi connectivity index (χ4n) is 4.64. The smallest absolute Gasteiger partial charge is 0.406 e. The molecule has 0 radical (unpaired) electrons. The number of alkyl halides is 3. The van der Waals surface area contributed by atoms with Gasteiger partial charge in [-0.15, -0.1) is 13.2 Å². The van der Waals surface area contributed by atoms with E-state index in [4.69, 9.17) is 10.00 Å². The maximum atomic E-state index is 12.3. The molecule has 0 bridgehead atoms. The van der Waals surface area contributed by atoms with Gasteiger partial charge in [-0.25, -0.2) is 0 Å². The van der Waals surface area contributed by atoms with E-state index in [2.05, 4.69) is 10.8 Å². The Labute approximate surface area is 182 Å². The molecule has 2 fully saturated rings. The SMILES string of the molecule is N#CC=CC=CC1CCC(COC2CCC(c3ccc(OC(F)(F)F)cc3)CC2)CC1. The first-order chi connectivity index (χ1) is 14.9. The number of hydrogen-bond donors (Lipinski definition) is 0. The van der Waals surface area contributed by atoms with Crippen molar-refractivity contribution in [2.75, 3.05) is 6.61 Å². The van der Waals surface area contributed by atoms with Gasteiger partial charge in [0.15, 0.2) is 0 Å². The molecule has 0 saturated heterocycles. The Balaban J connectivity index is 1.34. The molecule has 0 aromatic heterocycles. The molecule has 31 heavy (non-hydrogen) atoms. The van der Waals surface area contributed by atoms with Crippen LogP contribution >= 0.6 is 0 Å². The summed E-state index contributed by atoms with van der Waals surface area (Å²) in [5, 5.41) is 8.50. The van der Waals surface area contributed by atoms with Crippen molar-refractivity contribution in [3.8, 4) is 11.8 Å². The number of halogens is 3. The van der Waals surface area contributed by atoms with Crippen molar-refractivity contribution in [2.24, 2.45) is 11.8 Å². The first-order valence-corrected chi connectivity index (χ1v) is 11.1. The summed E-state index contributed by atoms with van der Waals surface area (Å²) in [4.78, 5) is 0. The zero-order valence-electron chi connectivity index (χ0n) is 17.7. The minimum absolute atomic E-state index is 0.169. The number of hydrogen-bond acceptors (Lipinski definition) is 3. The zero-order valence-corrected chi connectivity index (χ0v) is 17.7. The lowest BCUT2D eigenvalue weighted by atomic mass is 9.81. The molecule has 1 aromatic carbocycles. The Morgan fingerprint density at radius 2 is 1.61 bits per heavy atom. The second kappa shape index (κ2) is 11.4. The van der Waals surface area contributed by atoms with Gasteiger partial charge < -0.3 is 9.47 Å². The summed E-state index contributed by atoms with van der Waals surface area (Å²) in [5.41, 5.74) is 1.07. The number of nitriles is 1. The third-order valence-corrected chi connectivity index (χ3v) is 6.38. The van der Waals surface area contributed by atoms with Gasteiger partial charge >= 0.3 is 6.36 Å². The molecule has 0 atom stereocenters. The highest BCUT2D eigenvalue weighted by Crippen LogP contribution is 2.36. The van der Waals surface area contributed by atoms with Gasteiger partial charge in [-0.1, -0.05) is 30.4 Å². The Hall–Kier alpha value is -2.26. The fourth-order valence-corrected chi connectivity index (χ4v) is 4.64. The number of allylic oxidation sites excluding steroid dienone is 4. The maximum absolute atomic E-state index is 12.3. The predicted molar refractivity (Wildman–Crippen MR) is 113 cm³/mol. The van der Waals surface area contributed by atoms with Crippen molar-refractivity contribution in [2.45, 2.75) is 69.8 Å². The third-order valence-electron chi connectivity index (χ3n) is 6.38. The molecule has 2 aliphatic carbocycles. The van der Waals surface area contributed by atoms with Crippen LogP contribution in [0.5, 0.6) is 5.75 Å². The van der Waals surface area contributed by atoms with Crippen molar-refractivity contribution in [3.05, 3.63) is 54.1 Å². The number of nitrogens with zero attached hydrogens (tertiary/aromatic N) is 1. The lowest BCUT2D eigenvalue weighted by Gasteiger charge is -2.32. The average molecular weight is 434 g/mol. The van der Waals surface area contributed by atoms with Gasteiger partial charge in [0.05, 0.1) is 12.2 Å². The van der Waals surface area contributed by atoms with Crippen LogP contribution in [-0.2, 0) is 4.74 Å². The molecular formula is C25H30F3NO2. The van der Waals surface area contributed by atoms with E-state index in [0.717, 1.165) is 37.9 Å². The van der Waals surface area contributed by atoms with Gasteiger partial charge in [0.2, 0.25) is 0 Å². The molecule has 2 aliphatic rings. The van der Waals surface area contributed by atoms with E-state index in [-0.39, 0.29) is 11.9 Å². The van der Waals surface area contributed by atoms with Gasteiger partial charge in [-0.2, -0.15) is 5.26 Å². The highest BCUT2D eigenvalue weighted by molar-refractivity contribution is 5.30. The van der Waals surface area contributed by atoms with Crippen molar-refractivity contribution < 1.29 is 22.6 Å². The van der Waals surface area contributed by atoms with E-state index in [1.165, 1.54) is 43.9 Å². The van der Waals surface area contributed by atoms with Crippen molar-refractivity contribution in [1.82, 2.24) is 0 Å². The molecule has 3 nitrogen and oxygen atoms in total. The van der Waals surface area contributed by atoms with Gasteiger partial charge in [-0.05, 0) is 86.8 Å². The lowest BCUT2D eigenvalue weighted by molar-refractivity contribution is -0.274. The Morgan fingerprint density at radius 1 is 0.935 bits per heavy atom. The second-order valence-electron chi connectivity index (χ2n) is 8.58. The summed E-state index contributed by atoms with van der Waals surface area (Å²) < 4.78 is 47.0. The van der Waals surface area contributed by atoms with Gasteiger partial charge in [0, 0.05) is 12.7 Å². The Bertz CT molecular complexity index is 763. The van der Waals surface area contributed by atoms with Crippen LogP contribution in [0.15, 0.2) is 48.6 Å². The van der Waals surface area contributed by atoms with Crippen LogP contribution in [0, 0.1) is 23.2 Å². The summed E-state index contributed by atoms with van der Waals surface area (Å²) in [6.45, 7) is 0.823. The zero-order chi connectivity index (χ0) is 22.1. The lowest BCUT2D eigenvalue weighted by Crippen LogP contribution is -2.25. The Kier molecular flexibility index (Phi) is 8.60. The van der Waals surface area contributed by atoms with Crippen molar-refractivity contribution >= 4 is 0 Å². The molecule has 168 valence electrons. The van der Waals surface area contributed by atoms with Crippen LogP contribution in [0.2, 0.25) is 0 Å². The molecule has 6 heteroatoms.